The molecule has 20 heavy (non-hydrogen) atoms. The Bertz CT molecular complexity index is 433. The van der Waals surface area contributed by atoms with Crippen LogP contribution in [0.1, 0.15) is 35.4 Å². The lowest BCUT2D eigenvalue weighted by atomic mass is 9.86. The van der Waals surface area contributed by atoms with E-state index in [2.05, 4.69) is 10.1 Å². The summed E-state index contributed by atoms with van der Waals surface area (Å²) < 4.78 is 4.66. The van der Waals surface area contributed by atoms with Crippen LogP contribution in [-0.4, -0.2) is 30.8 Å². The van der Waals surface area contributed by atoms with Gasteiger partial charge < -0.3 is 15.2 Å². The van der Waals surface area contributed by atoms with Gasteiger partial charge in [-0.2, -0.15) is 0 Å². The lowest BCUT2D eigenvalue weighted by Gasteiger charge is -2.27. The SMILES string of the molecule is COC(=O)Cc1ccc(CNCC2CCCCC2O)s1. The standard InChI is InChI=1S/C15H23NO3S/c1-19-15(18)8-12-6-7-13(20-12)10-16-9-11-4-2-3-5-14(11)17/h6-7,11,14,16-17H,2-5,8-10H2,1H3. The minimum Gasteiger partial charge on any atom is -0.469 e. The Morgan fingerprint density at radius 2 is 2.15 bits per heavy atom. The van der Waals surface area contributed by atoms with Crippen LogP contribution in [-0.2, 0) is 22.5 Å². The number of thiophene rings is 1. The van der Waals surface area contributed by atoms with E-state index in [0.717, 1.165) is 37.2 Å². The van der Waals surface area contributed by atoms with E-state index in [9.17, 15) is 9.90 Å². The number of methoxy groups -OCH3 is 1. The van der Waals surface area contributed by atoms with Crippen molar-refractivity contribution >= 4 is 17.3 Å². The van der Waals surface area contributed by atoms with E-state index in [4.69, 9.17) is 0 Å². The summed E-state index contributed by atoms with van der Waals surface area (Å²) in [6.45, 7) is 1.67. The molecule has 0 bridgehead atoms. The smallest absolute Gasteiger partial charge is 0.310 e. The van der Waals surface area contributed by atoms with Crippen LogP contribution in [0.4, 0.5) is 0 Å². The summed E-state index contributed by atoms with van der Waals surface area (Å²) in [6, 6.07) is 4.03. The monoisotopic (exact) mass is 297 g/mol. The van der Waals surface area contributed by atoms with Crippen molar-refractivity contribution < 1.29 is 14.6 Å². The summed E-state index contributed by atoms with van der Waals surface area (Å²) in [7, 11) is 1.41. The molecule has 4 nitrogen and oxygen atoms in total. The first-order valence-corrected chi connectivity index (χ1v) is 8.04. The molecular formula is C15H23NO3S. The quantitative estimate of drug-likeness (QED) is 0.790. The Labute approximate surface area is 124 Å². The minimum absolute atomic E-state index is 0.144. The van der Waals surface area contributed by atoms with Crippen molar-refractivity contribution in [1.82, 2.24) is 5.32 Å². The Balaban J connectivity index is 1.72. The van der Waals surface area contributed by atoms with Gasteiger partial charge in [0, 0.05) is 22.8 Å². The maximum Gasteiger partial charge on any atom is 0.310 e. The summed E-state index contributed by atoms with van der Waals surface area (Å²) in [5.41, 5.74) is 0. The van der Waals surface area contributed by atoms with Gasteiger partial charge in [0.15, 0.2) is 0 Å². The van der Waals surface area contributed by atoms with Crippen molar-refractivity contribution in [3.63, 3.8) is 0 Å². The molecule has 1 aromatic rings. The number of rotatable bonds is 6. The van der Waals surface area contributed by atoms with Crippen LogP contribution < -0.4 is 5.32 Å². The molecule has 5 heteroatoms. The van der Waals surface area contributed by atoms with Crippen molar-refractivity contribution in [3.8, 4) is 0 Å². The van der Waals surface area contributed by atoms with Crippen molar-refractivity contribution in [2.45, 2.75) is 44.8 Å². The second-order valence-corrected chi connectivity index (χ2v) is 6.62. The molecule has 2 unspecified atom stereocenters. The average Bonchev–Trinajstić information content (AvgIpc) is 2.88. The molecule has 0 radical (unpaired) electrons. The zero-order chi connectivity index (χ0) is 14.4. The van der Waals surface area contributed by atoms with E-state index >= 15 is 0 Å². The highest BCUT2D eigenvalue weighted by atomic mass is 32.1. The molecule has 1 saturated carbocycles. The summed E-state index contributed by atoms with van der Waals surface area (Å²) in [4.78, 5) is 13.4. The van der Waals surface area contributed by atoms with Crippen molar-refractivity contribution in [2.75, 3.05) is 13.7 Å². The molecule has 1 aliphatic carbocycles. The molecule has 0 aliphatic heterocycles. The number of carbonyl (C=O) groups is 1. The van der Waals surface area contributed by atoms with Gasteiger partial charge in [0.25, 0.3) is 0 Å². The van der Waals surface area contributed by atoms with E-state index < -0.39 is 0 Å². The first-order chi connectivity index (χ1) is 9.69. The fraction of sp³-hybridized carbons (Fsp3) is 0.667. The molecule has 1 fully saturated rings. The van der Waals surface area contributed by atoms with Gasteiger partial charge in [0.2, 0.25) is 0 Å². The minimum atomic E-state index is -0.198. The number of hydrogen-bond acceptors (Lipinski definition) is 5. The molecular weight excluding hydrogens is 274 g/mol. The molecule has 1 heterocycles. The van der Waals surface area contributed by atoms with Crippen LogP contribution >= 0.6 is 11.3 Å². The van der Waals surface area contributed by atoms with Gasteiger partial charge in [0.05, 0.1) is 19.6 Å². The third-order valence-electron chi connectivity index (χ3n) is 3.84. The Morgan fingerprint density at radius 3 is 2.90 bits per heavy atom. The number of carbonyl (C=O) groups excluding carboxylic acids is 1. The van der Waals surface area contributed by atoms with Crippen molar-refractivity contribution in [1.29, 1.82) is 0 Å². The fourth-order valence-corrected chi connectivity index (χ4v) is 3.61. The number of aliphatic hydroxyl groups is 1. The maximum atomic E-state index is 11.2. The van der Waals surface area contributed by atoms with Crippen molar-refractivity contribution in [3.05, 3.63) is 21.9 Å². The Hall–Kier alpha value is -0.910. The Morgan fingerprint density at radius 1 is 1.40 bits per heavy atom. The third-order valence-corrected chi connectivity index (χ3v) is 4.92. The predicted octanol–water partition coefficient (Wildman–Crippen LogP) is 2.10. The highest BCUT2D eigenvalue weighted by Gasteiger charge is 2.22. The molecule has 2 atom stereocenters. The maximum absolute atomic E-state index is 11.2. The highest BCUT2D eigenvalue weighted by molar-refractivity contribution is 7.12. The molecule has 1 aromatic heterocycles. The molecule has 0 saturated heterocycles. The first kappa shape index (κ1) is 15.5. The molecule has 0 spiro atoms. The second kappa shape index (κ2) is 7.76. The van der Waals surface area contributed by atoms with Gasteiger partial charge in [-0.05, 0) is 30.9 Å². The molecule has 0 amide bonds. The van der Waals surface area contributed by atoms with E-state index in [1.165, 1.54) is 18.4 Å². The normalized spacial score (nSPS) is 22.7. The van der Waals surface area contributed by atoms with E-state index in [0.29, 0.717) is 12.3 Å². The van der Waals surface area contributed by atoms with E-state index in [1.807, 2.05) is 12.1 Å². The highest BCUT2D eigenvalue weighted by Crippen LogP contribution is 2.24. The lowest BCUT2D eigenvalue weighted by Crippen LogP contribution is -2.33. The first-order valence-electron chi connectivity index (χ1n) is 7.22. The van der Waals surface area contributed by atoms with E-state index in [-0.39, 0.29) is 12.1 Å². The van der Waals surface area contributed by atoms with Crippen LogP contribution in [0.2, 0.25) is 0 Å². The summed E-state index contributed by atoms with van der Waals surface area (Å²) in [5, 5.41) is 13.3. The van der Waals surface area contributed by atoms with Gasteiger partial charge in [0.1, 0.15) is 0 Å². The average molecular weight is 297 g/mol. The molecule has 2 N–H and O–H groups in total. The van der Waals surface area contributed by atoms with Crippen molar-refractivity contribution in [2.24, 2.45) is 5.92 Å². The molecule has 112 valence electrons. The largest absolute Gasteiger partial charge is 0.469 e. The predicted molar refractivity (Wildman–Crippen MR) is 79.7 cm³/mol. The second-order valence-electron chi connectivity index (χ2n) is 5.36. The summed E-state index contributed by atoms with van der Waals surface area (Å²) in [6.07, 6.45) is 4.64. The van der Waals surface area contributed by atoms with Gasteiger partial charge in [-0.15, -0.1) is 11.3 Å². The lowest BCUT2D eigenvalue weighted by molar-refractivity contribution is -0.139. The topological polar surface area (TPSA) is 58.6 Å². The van der Waals surface area contributed by atoms with Crippen LogP contribution in [0.25, 0.3) is 0 Å². The third kappa shape index (κ3) is 4.58. The summed E-state index contributed by atoms with van der Waals surface area (Å²) in [5.74, 6) is 0.190. The molecule has 2 rings (SSSR count). The summed E-state index contributed by atoms with van der Waals surface area (Å²) >= 11 is 1.64. The van der Waals surface area contributed by atoms with E-state index in [1.54, 1.807) is 11.3 Å². The van der Waals surface area contributed by atoms with Crippen LogP contribution in [0.3, 0.4) is 0 Å². The number of nitrogens with one attached hydrogen (secondary N) is 1. The Kier molecular flexibility index (Phi) is 6.01. The fourth-order valence-electron chi connectivity index (χ4n) is 2.63. The van der Waals surface area contributed by atoms with Gasteiger partial charge in [-0.1, -0.05) is 12.8 Å². The van der Waals surface area contributed by atoms with Gasteiger partial charge >= 0.3 is 5.97 Å². The van der Waals surface area contributed by atoms with Crippen LogP contribution in [0, 0.1) is 5.92 Å². The number of aliphatic hydroxyl groups excluding tert-OH is 1. The number of esters is 1. The van der Waals surface area contributed by atoms with Gasteiger partial charge in [-0.25, -0.2) is 0 Å². The van der Waals surface area contributed by atoms with Crippen LogP contribution in [0.15, 0.2) is 12.1 Å². The zero-order valence-electron chi connectivity index (χ0n) is 11.9. The van der Waals surface area contributed by atoms with Gasteiger partial charge in [-0.3, -0.25) is 4.79 Å². The molecule has 0 aromatic carbocycles. The zero-order valence-corrected chi connectivity index (χ0v) is 12.7. The van der Waals surface area contributed by atoms with Crippen LogP contribution in [0.5, 0.6) is 0 Å². The molecule has 1 aliphatic rings. The number of hydrogen-bond donors (Lipinski definition) is 2. The number of ether oxygens (including phenoxy) is 1.